The van der Waals surface area contributed by atoms with Crippen LogP contribution in [-0.2, 0) is 0 Å². The highest BCUT2D eigenvalue weighted by atomic mass is 19.3. The van der Waals surface area contributed by atoms with Crippen molar-refractivity contribution in [2.45, 2.75) is 45.0 Å². The fraction of sp³-hybridized carbons (Fsp3) is 0.889. The molecule has 0 spiro atoms. The molecule has 1 atom stereocenters. The molecule has 1 unspecified atom stereocenters. The summed E-state index contributed by atoms with van der Waals surface area (Å²) in [5, 5.41) is 0. The van der Waals surface area contributed by atoms with Gasteiger partial charge >= 0.3 is 0 Å². The summed E-state index contributed by atoms with van der Waals surface area (Å²) in [6.07, 6.45) is 6.15. The van der Waals surface area contributed by atoms with Crippen LogP contribution in [0.5, 0.6) is 0 Å². The Labute approximate surface area is 67.0 Å². The van der Waals surface area contributed by atoms with Crippen LogP contribution in [0.25, 0.3) is 0 Å². The summed E-state index contributed by atoms with van der Waals surface area (Å²) in [6, 6.07) is 0. The molecule has 1 aliphatic carbocycles. The molecule has 0 aromatic carbocycles. The van der Waals surface area contributed by atoms with E-state index in [2.05, 4.69) is 6.92 Å². The van der Waals surface area contributed by atoms with Gasteiger partial charge in [-0.25, -0.2) is 8.78 Å². The van der Waals surface area contributed by atoms with E-state index in [1.165, 1.54) is 0 Å². The number of halogens is 2. The second-order valence-electron chi connectivity index (χ2n) is 3.30. The van der Waals surface area contributed by atoms with E-state index in [-0.39, 0.29) is 12.3 Å². The SMILES string of the molecule is CCCCC[CH]C1CC1(F)F. The van der Waals surface area contributed by atoms with Crippen LogP contribution in [0, 0.1) is 12.3 Å². The van der Waals surface area contributed by atoms with Crippen molar-refractivity contribution in [3.63, 3.8) is 0 Å². The Bertz CT molecular complexity index is 121. The van der Waals surface area contributed by atoms with Crippen LogP contribution in [0.4, 0.5) is 8.78 Å². The maximum absolute atomic E-state index is 12.3. The molecule has 0 saturated heterocycles. The van der Waals surface area contributed by atoms with Gasteiger partial charge in [-0.2, -0.15) is 0 Å². The van der Waals surface area contributed by atoms with Crippen LogP contribution >= 0.6 is 0 Å². The lowest BCUT2D eigenvalue weighted by atomic mass is 10.1. The molecular formula is C9H15F2. The molecule has 11 heavy (non-hydrogen) atoms. The van der Waals surface area contributed by atoms with Crippen molar-refractivity contribution in [1.29, 1.82) is 0 Å². The lowest BCUT2D eigenvalue weighted by Crippen LogP contribution is -1.93. The third-order valence-corrected chi connectivity index (χ3v) is 2.13. The van der Waals surface area contributed by atoms with E-state index in [4.69, 9.17) is 0 Å². The molecular weight excluding hydrogens is 146 g/mol. The Morgan fingerprint density at radius 2 is 2.09 bits per heavy atom. The average molecular weight is 161 g/mol. The quantitative estimate of drug-likeness (QED) is 0.542. The van der Waals surface area contributed by atoms with Crippen molar-refractivity contribution in [1.82, 2.24) is 0 Å². The highest BCUT2D eigenvalue weighted by Crippen LogP contribution is 2.50. The molecule has 1 rings (SSSR count). The molecule has 0 heterocycles. The lowest BCUT2D eigenvalue weighted by molar-refractivity contribution is 0.104. The van der Waals surface area contributed by atoms with Crippen molar-refractivity contribution < 1.29 is 8.78 Å². The van der Waals surface area contributed by atoms with Gasteiger partial charge in [-0.15, -0.1) is 0 Å². The van der Waals surface area contributed by atoms with Gasteiger partial charge in [0, 0.05) is 12.3 Å². The van der Waals surface area contributed by atoms with E-state index in [0.29, 0.717) is 0 Å². The number of hydrogen-bond donors (Lipinski definition) is 0. The largest absolute Gasteiger partial charge is 0.251 e. The van der Waals surface area contributed by atoms with Gasteiger partial charge in [0.15, 0.2) is 0 Å². The Morgan fingerprint density at radius 3 is 2.55 bits per heavy atom. The van der Waals surface area contributed by atoms with Gasteiger partial charge in [-0.1, -0.05) is 26.2 Å². The molecule has 2 heteroatoms. The topological polar surface area (TPSA) is 0 Å². The fourth-order valence-corrected chi connectivity index (χ4v) is 1.20. The van der Waals surface area contributed by atoms with Gasteiger partial charge in [-0.05, 0) is 12.8 Å². The first-order valence-electron chi connectivity index (χ1n) is 4.38. The Kier molecular flexibility index (Phi) is 2.85. The average Bonchev–Trinajstić information content (AvgIpc) is 2.52. The van der Waals surface area contributed by atoms with Crippen LogP contribution in [0.3, 0.4) is 0 Å². The van der Waals surface area contributed by atoms with Crippen LogP contribution in [0.15, 0.2) is 0 Å². The maximum atomic E-state index is 12.3. The van der Waals surface area contributed by atoms with Gasteiger partial charge in [0.2, 0.25) is 0 Å². The second kappa shape index (κ2) is 3.51. The second-order valence-corrected chi connectivity index (χ2v) is 3.30. The van der Waals surface area contributed by atoms with Crippen molar-refractivity contribution in [3.05, 3.63) is 6.42 Å². The van der Waals surface area contributed by atoms with E-state index < -0.39 is 5.92 Å². The molecule has 65 valence electrons. The van der Waals surface area contributed by atoms with Gasteiger partial charge in [0.05, 0.1) is 0 Å². The minimum absolute atomic E-state index is 0.0964. The third-order valence-electron chi connectivity index (χ3n) is 2.13. The maximum Gasteiger partial charge on any atom is 0.251 e. The molecule has 0 aliphatic heterocycles. The number of rotatable bonds is 5. The molecule has 0 amide bonds. The lowest BCUT2D eigenvalue weighted by Gasteiger charge is -1.97. The highest BCUT2D eigenvalue weighted by molar-refractivity contribution is 5.02. The zero-order valence-electron chi connectivity index (χ0n) is 6.95. The molecule has 1 saturated carbocycles. The van der Waals surface area contributed by atoms with E-state index in [0.717, 1.165) is 25.7 Å². The molecule has 0 nitrogen and oxygen atoms in total. The molecule has 0 N–H and O–H groups in total. The van der Waals surface area contributed by atoms with E-state index >= 15 is 0 Å². The van der Waals surface area contributed by atoms with Gasteiger partial charge in [0.25, 0.3) is 5.92 Å². The van der Waals surface area contributed by atoms with Crippen LogP contribution in [0.1, 0.15) is 39.0 Å². The van der Waals surface area contributed by atoms with Crippen LogP contribution in [-0.4, -0.2) is 5.92 Å². The molecule has 0 bridgehead atoms. The first kappa shape index (κ1) is 8.95. The zero-order chi connectivity index (χ0) is 8.32. The van der Waals surface area contributed by atoms with Crippen molar-refractivity contribution >= 4 is 0 Å². The number of unbranched alkanes of at least 4 members (excludes halogenated alkanes) is 3. The summed E-state index contributed by atoms with van der Waals surface area (Å²) in [6.45, 7) is 2.12. The van der Waals surface area contributed by atoms with Crippen LogP contribution in [0.2, 0.25) is 0 Å². The molecule has 0 aromatic rings. The summed E-state index contributed by atoms with van der Waals surface area (Å²) < 4.78 is 24.5. The highest BCUT2D eigenvalue weighted by Gasteiger charge is 2.55. The van der Waals surface area contributed by atoms with Gasteiger partial charge in [0.1, 0.15) is 0 Å². The van der Waals surface area contributed by atoms with E-state index in [1.807, 2.05) is 0 Å². The predicted octanol–water partition coefficient (Wildman–Crippen LogP) is 3.43. The Balaban J connectivity index is 1.90. The van der Waals surface area contributed by atoms with E-state index in [9.17, 15) is 8.78 Å². The molecule has 1 radical (unpaired) electrons. The molecule has 1 fully saturated rings. The number of hydrogen-bond acceptors (Lipinski definition) is 0. The van der Waals surface area contributed by atoms with Gasteiger partial charge < -0.3 is 0 Å². The van der Waals surface area contributed by atoms with Crippen molar-refractivity contribution in [2.24, 2.45) is 5.92 Å². The number of alkyl halides is 2. The zero-order valence-corrected chi connectivity index (χ0v) is 6.95. The normalized spacial score (nSPS) is 27.0. The molecule has 0 aromatic heterocycles. The minimum atomic E-state index is -2.34. The summed E-state index contributed by atoms with van der Waals surface area (Å²) in [4.78, 5) is 0. The van der Waals surface area contributed by atoms with Crippen molar-refractivity contribution in [2.75, 3.05) is 0 Å². The smallest absolute Gasteiger partial charge is 0.207 e. The first-order chi connectivity index (χ1) is 5.17. The first-order valence-corrected chi connectivity index (χ1v) is 4.38. The van der Waals surface area contributed by atoms with Gasteiger partial charge in [-0.3, -0.25) is 0 Å². The molecule has 1 aliphatic rings. The predicted molar refractivity (Wildman–Crippen MR) is 41.5 cm³/mol. The summed E-state index contributed by atoms with van der Waals surface area (Å²) >= 11 is 0. The Hall–Kier alpha value is -0.140. The van der Waals surface area contributed by atoms with Crippen LogP contribution < -0.4 is 0 Å². The summed E-state index contributed by atoms with van der Waals surface area (Å²) in [5.41, 5.74) is 0. The monoisotopic (exact) mass is 161 g/mol. The standard InChI is InChI=1S/C9H15F2/c1-2-3-4-5-6-8-7-9(8,10)11/h6,8H,2-5,7H2,1H3. The summed E-state index contributed by atoms with van der Waals surface area (Å²) in [5.74, 6) is -2.73. The Morgan fingerprint density at radius 1 is 1.45 bits per heavy atom. The van der Waals surface area contributed by atoms with E-state index in [1.54, 1.807) is 6.42 Å². The third kappa shape index (κ3) is 2.76. The summed E-state index contributed by atoms with van der Waals surface area (Å²) in [7, 11) is 0. The fourth-order valence-electron chi connectivity index (χ4n) is 1.20. The van der Waals surface area contributed by atoms with Crippen molar-refractivity contribution in [3.8, 4) is 0 Å². The minimum Gasteiger partial charge on any atom is -0.207 e.